The Labute approximate surface area is 195 Å². The Hall–Kier alpha value is -2.70. The van der Waals surface area contributed by atoms with Crippen molar-refractivity contribution in [1.82, 2.24) is 19.7 Å². The molecule has 2 aromatic carbocycles. The van der Waals surface area contributed by atoms with Gasteiger partial charge in [0, 0.05) is 22.6 Å². The predicted molar refractivity (Wildman–Crippen MR) is 135 cm³/mol. The molecule has 0 atom stereocenters. The van der Waals surface area contributed by atoms with Crippen LogP contribution in [0.4, 0.5) is 23.1 Å². The second-order valence-corrected chi connectivity index (χ2v) is 12.5. The molecular formula is C23H24BrN6OP. The van der Waals surface area contributed by atoms with E-state index in [9.17, 15) is 4.57 Å². The molecular weight excluding hydrogens is 487 g/mol. The minimum Gasteiger partial charge on any atom is -0.339 e. The molecule has 32 heavy (non-hydrogen) atoms. The SMILES string of the molecule is Cc1nn(C2CC2)c2ccc(Nc3ncc(Br)c(Nc4ccccc4P(C)(C)=O)n3)cc12. The van der Waals surface area contributed by atoms with E-state index < -0.39 is 7.14 Å². The number of fused-ring (bicyclic) bond motifs is 1. The molecule has 1 fully saturated rings. The number of nitrogens with one attached hydrogen (secondary N) is 2. The van der Waals surface area contributed by atoms with Crippen molar-refractivity contribution in [3.8, 4) is 0 Å². The summed E-state index contributed by atoms with van der Waals surface area (Å²) in [6.07, 6.45) is 4.10. The van der Waals surface area contributed by atoms with Gasteiger partial charge in [-0.05, 0) is 79.4 Å². The third-order valence-electron chi connectivity index (χ3n) is 5.52. The molecule has 7 nitrogen and oxygen atoms in total. The van der Waals surface area contributed by atoms with Gasteiger partial charge in [-0.15, -0.1) is 0 Å². The van der Waals surface area contributed by atoms with Gasteiger partial charge in [-0.1, -0.05) is 12.1 Å². The largest absolute Gasteiger partial charge is 0.339 e. The summed E-state index contributed by atoms with van der Waals surface area (Å²) in [6.45, 7) is 5.57. The van der Waals surface area contributed by atoms with Gasteiger partial charge in [-0.3, -0.25) is 4.68 Å². The van der Waals surface area contributed by atoms with E-state index in [1.165, 1.54) is 12.8 Å². The highest BCUT2D eigenvalue weighted by atomic mass is 79.9. The molecule has 2 aromatic heterocycles. The van der Waals surface area contributed by atoms with Gasteiger partial charge in [0.05, 0.1) is 27.4 Å². The first-order chi connectivity index (χ1) is 15.3. The maximum absolute atomic E-state index is 12.7. The van der Waals surface area contributed by atoms with Gasteiger partial charge < -0.3 is 15.2 Å². The third-order valence-corrected chi connectivity index (χ3v) is 7.65. The molecule has 9 heteroatoms. The lowest BCUT2D eigenvalue weighted by atomic mass is 10.2. The van der Waals surface area contributed by atoms with Crippen LogP contribution in [0.15, 0.2) is 53.1 Å². The Kier molecular flexibility index (Phi) is 5.30. The van der Waals surface area contributed by atoms with Gasteiger partial charge in [0.1, 0.15) is 13.0 Å². The van der Waals surface area contributed by atoms with Gasteiger partial charge in [0.25, 0.3) is 0 Å². The highest BCUT2D eigenvalue weighted by molar-refractivity contribution is 9.10. The average Bonchev–Trinajstić information content (AvgIpc) is 3.54. The summed E-state index contributed by atoms with van der Waals surface area (Å²) < 4.78 is 15.6. The molecule has 1 aliphatic carbocycles. The van der Waals surface area contributed by atoms with Crippen LogP contribution >= 0.6 is 23.1 Å². The van der Waals surface area contributed by atoms with Crippen molar-refractivity contribution in [3.05, 3.63) is 58.8 Å². The summed E-state index contributed by atoms with van der Waals surface area (Å²) in [5, 5.41) is 13.2. The van der Waals surface area contributed by atoms with E-state index in [4.69, 9.17) is 5.10 Å². The van der Waals surface area contributed by atoms with Gasteiger partial charge in [-0.25, -0.2) is 4.98 Å². The zero-order valence-electron chi connectivity index (χ0n) is 18.1. The fourth-order valence-corrected chi connectivity index (χ4v) is 5.24. The maximum Gasteiger partial charge on any atom is 0.229 e. The third kappa shape index (κ3) is 4.17. The second kappa shape index (κ2) is 8.01. The van der Waals surface area contributed by atoms with E-state index in [0.29, 0.717) is 17.8 Å². The lowest BCUT2D eigenvalue weighted by molar-refractivity contribution is 0.588. The Morgan fingerprint density at radius 1 is 1.12 bits per heavy atom. The van der Waals surface area contributed by atoms with Crippen LogP contribution < -0.4 is 15.9 Å². The number of nitrogens with zero attached hydrogens (tertiary/aromatic N) is 4. The molecule has 2 heterocycles. The minimum atomic E-state index is -2.45. The molecule has 2 N–H and O–H groups in total. The summed E-state index contributed by atoms with van der Waals surface area (Å²) >= 11 is 3.52. The molecule has 0 aliphatic heterocycles. The standard InChI is InChI=1S/C23H24BrN6OP/c1-14-17-12-15(8-11-20(17)30(29-14)16-9-10-16)26-23-25-13-18(24)22(28-23)27-19-6-4-5-7-21(19)32(2,3)31/h4-8,11-13,16H,9-10H2,1-3H3,(H2,25,26,27,28). The number of hydrogen-bond acceptors (Lipinski definition) is 6. The number of anilines is 4. The highest BCUT2D eigenvalue weighted by Gasteiger charge is 2.26. The number of benzene rings is 2. The van der Waals surface area contributed by atoms with Crippen molar-refractivity contribution in [2.75, 3.05) is 24.0 Å². The number of aromatic nitrogens is 4. The van der Waals surface area contributed by atoms with E-state index >= 15 is 0 Å². The van der Waals surface area contributed by atoms with Crippen LogP contribution in [0.2, 0.25) is 0 Å². The van der Waals surface area contributed by atoms with Crippen LogP contribution in [0, 0.1) is 6.92 Å². The minimum absolute atomic E-state index is 0.468. The fourth-order valence-electron chi connectivity index (χ4n) is 3.79. The molecule has 0 bridgehead atoms. The quantitative estimate of drug-likeness (QED) is 0.311. The monoisotopic (exact) mass is 510 g/mol. The molecule has 0 spiro atoms. The van der Waals surface area contributed by atoms with E-state index in [1.807, 2.05) is 37.3 Å². The Bertz CT molecular complexity index is 1370. The van der Waals surface area contributed by atoms with Crippen LogP contribution in [-0.2, 0) is 4.57 Å². The molecule has 0 saturated heterocycles. The lowest BCUT2D eigenvalue weighted by Crippen LogP contribution is -2.11. The maximum atomic E-state index is 12.7. The Morgan fingerprint density at radius 2 is 1.91 bits per heavy atom. The van der Waals surface area contributed by atoms with Gasteiger partial charge >= 0.3 is 0 Å². The number of halogens is 1. The van der Waals surface area contributed by atoms with Gasteiger partial charge in [0.15, 0.2) is 0 Å². The van der Waals surface area contributed by atoms with Crippen molar-refractivity contribution in [2.45, 2.75) is 25.8 Å². The molecule has 4 aromatic rings. The Morgan fingerprint density at radius 3 is 2.66 bits per heavy atom. The van der Waals surface area contributed by atoms with Crippen molar-refractivity contribution in [2.24, 2.45) is 0 Å². The number of hydrogen-bond donors (Lipinski definition) is 2. The number of rotatable bonds is 6. The first-order valence-electron chi connectivity index (χ1n) is 10.5. The lowest BCUT2D eigenvalue weighted by Gasteiger charge is -2.16. The molecule has 0 amide bonds. The molecule has 0 unspecified atom stereocenters. The van der Waals surface area contributed by atoms with Crippen molar-refractivity contribution in [3.63, 3.8) is 0 Å². The smallest absolute Gasteiger partial charge is 0.229 e. The molecule has 5 rings (SSSR count). The summed E-state index contributed by atoms with van der Waals surface area (Å²) in [5.41, 5.74) is 3.86. The number of para-hydroxylation sites is 1. The van der Waals surface area contributed by atoms with E-state index in [-0.39, 0.29) is 0 Å². The summed E-state index contributed by atoms with van der Waals surface area (Å²) in [5.74, 6) is 1.07. The first-order valence-corrected chi connectivity index (χ1v) is 13.9. The molecule has 1 saturated carbocycles. The topological polar surface area (TPSA) is 84.7 Å². The van der Waals surface area contributed by atoms with Crippen LogP contribution in [0.5, 0.6) is 0 Å². The summed E-state index contributed by atoms with van der Waals surface area (Å²) in [7, 11) is -2.45. The van der Waals surface area contributed by atoms with E-state index in [0.717, 1.165) is 37.7 Å². The fraction of sp³-hybridized carbons (Fsp3) is 0.261. The Balaban J connectivity index is 1.44. The zero-order valence-corrected chi connectivity index (χ0v) is 20.6. The molecule has 164 valence electrons. The highest BCUT2D eigenvalue weighted by Crippen LogP contribution is 2.39. The molecule has 0 radical (unpaired) electrons. The molecule has 1 aliphatic rings. The van der Waals surface area contributed by atoms with Crippen molar-refractivity contribution in [1.29, 1.82) is 0 Å². The van der Waals surface area contributed by atoms with Crippen molar-refractivity contribution < 1.29 is 4.57 Å². The van der Waals surface area contributed by atoms with E-state index in [1.54, 1.807) is 19.5 Å². The predicted octanol–water partition coefficient (Wildman–Crippen LogP) is 5.97. The summed E-state index contributed by atoms with van der Waals surface area (Å²) in [4.78, 5) is 9.05. The van der Waals surface area contributed by atoms with Gasteiger partial charge in [-0.2, -0.15) is 10.1 Å². The van der Waals surface area contributed by atoms with E-state index in [2.05, 4.69) is 53.3 Å². The summed E-state index contributed by atoms with van der Waals surface area (Å²) in [6, 6.07) is 14.4. The second-order valence-electron chi connectivity index (χ2n) is 8.50. The first kappa shape index (κ1) is 21.2. The van der Waals surface area contributed by atoms with Crippen molar-refractivity contribution >= 4 is 62.4 Å². The zero-order chi connectivity index (χ0) is 22.5. The van der Waals surface area contributed by atoms with Crippen LogP contribution in [0.3, 0.4) is 0 Å². The van der Waals surface area contributed by atoms with Crippen LogP contribution in [-0.4, -0.2) is 33.1 Å². The van der Waals surface area contributed by atoms with Crippen LogP contribution in [0.25, 0.3) is 10.9 Å². The normalized spacial score (nSPS) is 14.0. The van der Waals surface area contributed by atoms with Crippen LogP contribution in [0.1, 0.15) is 24.6 Å². The average molecular weight is 511 g/mol. The number of aryl methyl sites for hydroxylation is 1. The van der Waals surface area contributed by atoms with Gasteiger partial charge in [0.2, 0.25) is 5.95 Å².